The second-order valence-electron chi connectivity index (χ2n) is 7.25. The first-order valence-corrected chi connectivity index (χ1v) is 9.77. The number of aryl methyl sites for hydroxylation is 1. The maximum absolute atomic E-state index is 13.0. The zero-order chi connectivity index (χ0) is 19.3. The van der Waals surface area contributed by atoms with Gasteiger partial charge in [-0.2, -0.15) is 0 Å². The molecule has 4 rings (SSSR count). The first-order chi connectivity index (χ1) is 13.7. The zero-order valence-electron chi connectivity index (χ0n) is 16.1. The lowest BCUT2D eigenvalue weighted by Crippen LogP contribution is -2.36. The number of carbonyl (C=O) groups excluding carboxylic acids is 1. The Labute approximate surface area is 166 Å². The van der Waals surface area contributed by atoms with E-state index in [1.54, 1.807) is 0 Å². The van der Waals surface area contributed by atoms with Crippen LogP contribution in [-0.2, 0) is 0 Å². The van der Waals surface area contributed by atoms with Gasteiger partial charge in [0.15, 0.2) is 0 Å². The van der Waals surface area contributed by atoms with E-state index < -0.39 is 0 Å². The van der Waals surface area contributed by atoms with Crippen LogP contribution in [0.15, 0.2) is 78.4 Å². The van der Waals surface area contributed by atoms with Gasteiger partial charge in [-0.05, 0) is 61.2 Å². The molecule has 0 spiro atoms. The van der Waals surface area contributed by atoms with E-state index in [0.29, 0.717) is 0 Å². The van der Waals surface area contributed by atoms with Gasteiger partial charge >= 0.3 is 0 Å². The van der Waals surface area contributed by atoms with Crippen molar-refractivity contribution in [2.45, 2.75) is 19.8 Å². The summed E-state index contributed by atoms with van der Waals surface area (Å²) in [6.45, 7) is 3.52. The topological polar surface area (TPSA) is 33.2 Å². The predicted molar refractivity (Wildman–Crippen MR) is 114 cm³/mol. The third-order valence-corrected chi connectivity index (χ3v) is 5.17. The van der Waals surface area contributed by atoms with Crippen LogP contribution in [0.3, 0.4) is 0 Å². The van der Waals surface area contributed by atoms with Gasteiger partial charge in [-0.25, -0.2) is 0 Å². The Kier molecular flexibility index (Phi) is 5.34. The molecule has 0 atom stereocenters. The quantitative estimate of drug-likeness (QED) is 0.622. The number of piperidine rings is 1. The van der Waals surface area contributed by atoms with Crippen LogP contribution in [0, 0.1) is 6.92 Å². The standard InChI is InChI=1S/C25H24N2O/c1-19-7-5-12-24(26-19)17-20-13-15-27(16-14-20)25(28)23-11-6-10-22(18-23)21-8-3-2-4-9-21/h2-12,17-18H,13-16H2,1H3. The fraction of sp³-hybridized carbons (Fsp3) is 0.200. The van der Waals surface area contributed by atoms with Gasteiger partial charge in [0.1, 0.15) is 0 Å². The monoisotopic (exact) mass is 368 g/mol. The molecule has 1 amide bonds. The van der Waals surface area contributed by atoms with E-state index in [1.807, 2.05) is 66.4 Å². The van der Waals surface area contributed by atoms with Crippen LogP contribution in [0.5, 0.6) is 0 Å². The molecule has 0 bridgehead atoms. The number of pyridine rings is 1. The number of hydrogen-bond acceptors (Lipinski definition) is 2. The summed E-state index contributed by atoms with van der Waals surface area (Å²) in [5.41, 5.74) is 6.36. The molecule has 3 nitrogen and oxygen atoms in total. The van der Waals surface area contributed by atoms with E-state index in [2.05, 4.69) is 29.3 Å². The molecule has 0 N–H and O–H groups in total. The molecule has 0 radical (unpaired) electrons. The van der Waals surface area contributed by atoms with Gasteiger partial charge in [0.05, 0.1) is 5.69 Å². The van der Waals surface area contributed by atoms with Gasteiger partial charge in [0.25, 0.3) is 5.91 Å². The SMILES string of the molecule is Cc1cccc(C=C2CCN(C(=O)c3cccc(-c4ccccc4)c3)CC2)n1. The number of aromatic nitrogens is 1. The van der Waals surface area contributed by atoms with Crippen LogP contribution in [0.2, 0.25) is 0 Å². The summed E-state index contributed by atoms with van der Waals surface area (Å²) >= 11 is 0. The normalized spacial score (nSPS) is 14.0. The minimum absolute atomic E-state index is 0.116. The maximum atomic E-state index is 13.0. The van der Waals surface area contributed by atoms with Crippen molar-refractivity contribution in [1.29, 1.82) is 0 Å². The molecule has 1 saturated heterocycles. The predicted octanol–water partition coefficient (Wildman–Crippen LogP) is 5.38. The Morgan fingerprint density at radius 2 is 1.61 bits per heavy atom. The minimum atomic E-state index is 0.116. The summed E-state index contributed by atoms with van der Waals surface area (Å²) in [4.78, 5) is 19.5. The fourth-order valence-electron chi connectivity index (χ4n) is 3.64. The van der Waals surface area contributed by atoms with Gasteiger partial charge in [0.2, 0.25) is 0 Å². The molecular formula is C25H24N2O. The molecule has 2 aromatic carbocycles. The van der Waals surface area contributed by atoms with Crippen LogP contribution in [0.4, 0.5) is 0 Å². The van der Waals surface area contributed by atoms with Gasteiger partial charge in [-0.3, -0.25) is 9.78 Å². The summed E-state index contributed by atoms with van der Waals surface area (Å²) in [7, 11) is 0. The molecule has 140 valence electrons. The van der Waals surface area contributed by atoms with E-state index in [0.717, 1.165) is 54.0 Å². The van der Waals surface area contributed by atoms with Crippen molar-refractivity contribution in [2.24, 2.45) is 0 Å². The van der Waals surface area contributed by atoms with Crippen LogP contribution >= 0.6 is 0 Å². The van der Waals surface area contributed by atoms with Crippen LogP contribution in [0.1, 0.15) is 34.6 Å². The Morgan fingerprint density at radius 1 is 0.893 bits per heavy atom. The first kappa shape index (κ1) is 18.2. The van der Waals surface area contributed by atoms with E-state index in [-0.39, 0.29) is 5.91 Å². The van der Waals surface area contributed by atoms with Crippen molar-refractivity contribution in [2.75, 3.05) is 13.1 Å². The van der Waals surface area contributed by atoms with Crippen LogP contribution in [0.25, 0.3) is 17.2 Å². The van der Waals surface area contributed by atoms with E-state index in [9.17, 15) is 4.79 Å². The number of likely N-dealkylation sites (tertiary alicyclic amines) is 1. The lowest BCUT2D eigenvalue weighted by atomic mass is 10.00. The number of amides is 1. The Balaban J connectivity index is 1.44. The molecule has 2 heterocycles. The van der Waals surface area contributed by atoms with Gasteiger partial charge < -0.3 is 4.90 Å². The Morgan fingerprint density at radius 3 is 2.36 bits per heavy atom. The molecule has 0 unspecified atom stereocenters. The van der Waals surface area contributed by atoms with E-state index in [4.69, 9.17) is 0 Å². The molecule has 3 heteroatoms. The van der Waals surface area contributed by atoms with Gasteiger partial charge in [-0.1, -0.05) is 54.1 Å². The summed E-state index contributed by atoms with van der Waals surface area (Å²) in [6, 6.07) is 24.2. The van der Waals surface area contributed by atoms with Crippen molar-refractivity contribution >= 4 is 12.0 Å². The zero-order valence-corrected chi connectivity index (χ0v) is 16.1. The molecule has 1 aromatic heterocycles. The highest BCUT2D eigenvalue weighted by atomic mass is 16.2. The lowest BCUT2D eigenvalue weighted by Gasteiger charge is -2.28. The van der Waals surface area contributed by atoms with Crippen molar-refractivity contribution in [1.82, 2.24) is 9.88 Å². The van der Waals surface area contributed by atoms with Gasteiger partial charge in [-0.15, -0.1) is 0 Å². The molecule has 1 aliphatic heterocycles. The highest BCUT2D eigenvalue weighted by Crippen LogP contribution is 2.23. The van der Waals surface area contributed by atoms with E-state index in [1.165, 1.54) is 5.57 Å². The average molecular weight is 368 g/mol. The second kappa shape index (κ2) is 8.22. The molecule has 3 aromatic rings. The summed E-state index contributed by atoms with van der Waals surface area (Å²) < 4.78 is 0. The van der Waals surface area contributed by atoms with Crippen molar-refractivity contribution < 1.29 is 4.79 Å². The summed E-state index contributed by atoms with van der Waals surface area (Å²) in [5.74, 6) is 0.116. The van der Waals surface area contributed by atoms with E-state index >= 15 is 0 Å². The van der Waals surface area contributed by atoms with Crippen LogP contribution < -0.4 is 0 Å². The average Bonchev–Trinajstić information content (AvgIpc) is 2.75. The second-order valence-corrected chi connectivity index (χ2v) is 7.25. The van der Waals surface area contributed by atoms with Crippen molar-refractivity contribution in [3.05, 3.63) is 95.3 Å². The maximum Gasteiger partial charge on any atom is 0.253 e. The highest BCUT2D eigenvalue weighted by Gasteiger charge is 2.20. The largest absolute Gasteiger partial charge is 0.338 e. The number of nitrogens with zero attached hydrogens (tertiary/aromatic N) is 2. The van der Waals surface area contributed by atoms with Crippen LogP contribution in [-0.4, -0.2) is 28.9 Å². The minimum Gasteiger partial charge on any atom is -0.338 e. The van der Waals surface area contributed by atoms with Crippen molar-refractivity contribution in [3.63, 3.8) is 0 Å². The lowest BCUT2D eigenvalue weighted by molar-refractivity contribution is 0.0744. The highest BCUT2D eigenvalue weighted by molar-refractivity contribution is 5.95. The number of rotatable bonds is 3. The number of carbonyl (C=O) groups is 1. The third-order valence-electron chi connectivity index (χ3n) is 5.17. The third kappa shape index (κ3) is 4.20. The smallest absolute Gasteiger partial charge is 0.253 e. The molecule has 0 saturated carbocycles. The number of hydrogen-bond donors (Lipinski definition) is 0. The Bertz CT molecular complexity index is 998. The molecule has 1 fully saturated rings. The molecule has 28 heavy (non-hydrogen) atoms. The van der Waals surface area contributed by atoms with Crippen molar-refractivity contribution in [3.8, 4) is 11.1 Å². The molecular weight excluding hydrogens is 344 g/mol. The Hall–Kier alpha value is -3.20. The fourth-order valence-corrected chi connectivity index (χ4v) is 3.64. The summed E-state index contributed by atoms with van der Waals surface area (Å²) in [6.07, 6.45) is 3.98. The number of benzene rings is 2. The molecule has 0 aliphatic carbocycles. The first-order valence-electron chi connectivity index (χ1n) is 9.77. The van der Waals surface area contributed by atoms with Gasteiger partial charge in [0, 0.05) is 24.3 Å². The summed E-state index contributed by atoms with van der Waals surface area (Å²) in [5, 5.41) is 0. The molecule has 1 aliphatic rings.